The van der Waals surface area contributed by atoms with Gasteiger partial charge in [-0.25, -0.2) is 4.98 Å². The highest BCUT2D eigenvalue weighted by Crippen LogP contribution is 2.11. The molecule has 2 aliphatic rings. The Hall–Kier alpha value is -1.32. The largest absolute Gasteiger partial charge is 0.268 e. The minimum atomic E-state index is 0.630. The molecule has 40 valence electrons. The van der Waals surface area contributed by atoms with E-state index in [1.807, 2.05) is 0 Å². The minimum Gasteiger partial charge on any atom is -0.268 e. The zero-order valence-corrected chi connectivity index (χ0v) is 3.96. The first-order valence-electron chi connectivity index (χ1n) is 2.21. The van der Waals surface area contributed by atoms with E-state index in [9.17, 15) is 0 Å². The summed E-state index contributed by atoms with van der Waals surface area (Å²) in [6.07, 6.45) is 1.67. The van der Waals surface area contributed by atoms with E-state index in [0.29, 0.717) is 5.82 Å². The highest BCUT2D eigenvalue weighted by molar-refractivity contribution is 5.48. The van der Waals surface area contributed by atoms with Crippen molar-refractivity contribution in [2.45, 2.75) is 0 Å². The summed E-state index contributed by atoms with van der Waals surface area (Å²) in [5.74, 6) is 0.630. The third-order valence-corrected chi connectivity index (χ3v) is 0.967. The van der Waals surface area contributed by atoms with Crippen molar-refractivity contribution in [2.24, 2.45) is 0 Å². The molecular formula is C4H3N3O. The Labute approximate surface area is 44.8 Å². The molecule has 4 heteroatoms. The van der Waals surface area contributed by atoms with Gasteiger partial charge in [0.1, 0.15) is 5.69 Å². The Morgan fingerprint density at radius 3 is 3.50 bits per heavy atom. The number of hydrogen-bond donors (Lipinski definition) is 1. The lowest BCUT2D eigenvalue weighted by Crippen LogP contribution is -1.67. The van der Waals surface area contributed by atoms with Crippen LogP contribution < -0.4 is 0 Å². The molecule has 0 bridgehead atoms. The Kier molecular flexibility index (Phi) is 0.498. The summed E-state index contributed by atoms with van der Waals surface area (Å²) in [7, 11) is 0. The Balaban J connectivity index is 2.84. The van der Waals surface area contributed by atoms with Gasteiger partial charge in [0.15, 0.2) is 0 Å². The van der Waals surface area contributed by atoms with Gasteiger partial charge in [-0.3, -0.25) is 4.63 Å². The number of fused-ring (bicyclic) bond motifs is 1. The van der Waals surface area contributed by atoms with Crippen LogP contribution in [0.3, 0.4) is 0 Å². The first kappa shape index (κ1) is 3.65. The lowest BCUT2D eigenvalue weighted by molar-refractivity contribution is 0.311. The van der Waals surface area contributed by atoms with Crippen molar-refractivity contribution < 1.29 is 4.63 Å². The fourth-order valence-corrected chi connectivity index (χ4v) is 0.594. The lowest BCUT2D eigenvalue weighted by atomic mass is 10.5. The number of nitrogens with one attached hydrogen (secondary N) is 1. The molecule has 0 radical (unpaired) electrons. The molecule has 8 heavy (non-hydrogen) atoms. The van der Waals surface area contributed by atoms with Gasteiger partial charge in [-0.2, -0.15) is 5.16 Å². The molecule has 1 N–H and O–H groups in total. The number of aromatic nitrogens is 3. The normalized spacial score (nSPS) is 10.5. The second-order valence-electron chi connectivity index (χ2n) is 1.47. The maximum atomic E-state index is 4.47. The van der Waals surface area contributed by atoms with Gasteiger partial charge in [0.25, 0.3) is 0 Å². The average Bonchev–Trinajstić information content (AvgIpc) is 2.15. The maximum absolute atomic E-state index is 4.47. The summed E-state index contributed by atoms with van der Waals surface area (Å²) >= 11 is 0. The van der Waals surface area contributed by atoms with Crippen molar-refractivity contribution in [3.63, 3.8) is 0 Å². The molecule has 2 aliphatic heterocycles. The average molecular weight is 109 g/mol. The van der Waals surface area contributed by atoms with E-state index in [2.05, 4.69) is 19.9 Å². The zero-order chi connectivity index (χ0) is 5.40. The molecule has 0 saturated carbocycles. The summed E-state index contributed by atoms with van der Waals surface area (Å²) in [5.41, 5.74) is 0.838. The van der Waals surface area contributed by atoms with Crippen molar-refractivity contribution in [3.8, 4) is 11.5 Å². The van der Waals surface area contributed by atoms with Crippen molar-refractivity contribution in [1.29, 1.82) is 0 Å². The van der Waals surface area contributed by atoms with E-state index in [1.165, 1.54) is 0 Å². The molecule has 0 aromatic heterocycles. The summed E-state index contributed by atoms with van der Waals surface area (Å²) < 4.78 is 4.47. The van der Waals surface area contributed by atoms with Crippen LogP contribution in [-0.4, -0.2) is 15.3 Å². The van der Waals surface area contributed by atoms with Crippen molar-refractivity contribution in [2.75, 3.05) is 0 Å². The summed E-state index contributed by atoms with van der Waals surface area (Å²) in [6.45, 7) is 0. The van der Waals surface area contributed by atoms with Gasteiger partial charge in [0.2, 0.25) is 5.82 Å². The van der Waals surface area contributed by atoms with Gasteiger partial charge in [-0.15, -0.1) is 0 Å². The molecule has 0 aromatic rings. The van der Waals surface area contributed by atoms with Crippen LogP contribution in [0.1, 0.15) is 0 Å². The quantitative estimate of drug-likeness (QED) is 0.536. The third-order valence-electron chi connectivity index (χ3n) is 0.967. The van der Waals surface area contributed by atoms with Crippen LogP contribution in [0.15, 0.2) is 16.9 Å². The van der Waals surface area contributed by atoms with Crippen LogP contribution in [0.4, 0.5) is 0 Å². The van der Waals surface area contributed by atoms with Crippen LogP contribution in [0.2, 0.25) is 0 Å². The van der Waals surface area contributed by atoms with Crippen LogP contribution >= 0.6 is 0 Å². The van der Waals surface area contributed by atoms with E-state index in [-0.39, 0.29) is 0 Å². The minimum absolute atomic E-state index is 0.630. The third kappa shape index (κ3) is 0.294. The first-order valence-corrected chi connectivity index (χ1v) is 2.21. The fraction of sp³-hybridized carbons (Fsp3) is 0. The summed E-state index contributed by atoms with van der Waals surface area (Å²) in [6, 6.07) is 1.80. The maximum Gasteiger partial charge on any atom is 0.221 e. The van der Waals surface area contributed by atoms with Crippen LogP contribution in [0.5, 0.6) is 0 Å². The van der Waals surface area contributed by atoms with E-state index >= 15 is 0 Å². The topological polar surface area (TPSA) is 54.7 Å². The van der Waals surface area contributed by atoms with E-state index < -0.39 is 0 Å². The van der Waals surface area contributed by atoms with Gasteiger partial charge in [0.05, 0.1) is 0 Å². The fourth-order valence-electron chi connectivity index (χ4n) is 0.594. The molecule has 2 rings (SSSR count). The van der Waals surface area contributed by atoms with E-state index in [0.717, 1.165) is 5.69 Å². The second-order valence-corrected chi connectivity index (χ2v) is 1.47. The molecule has 4 nitrogen and oxygen atoms in total. The number of rotatable bonds is 0. The van der Waals surface area contributed by atoms with Gasteiger partial charge in [-0.1, -0.05) is 0 Å². The van der Waals surface area contributed by atoms with E-state index in [1.54, 1.807) is 12.3 Å². The first-order chi connectivity index (χ1) is 3.97. The van der Waals surface area contributed by atoms with Crippen molar-refractivity contribution >= 4 is 0 Å². The summed E-state index contributed by atoms with van der Waals surface area (Å²) in [5, 5.41) is 6.09. The Morgan fingerprint density at radius 2 is 2.62 bits per heavy atom. The molecule has 0 fully saturated rings. The molecule has 0 aromatic carbocycles. The van der Waals surface area contributed by atoms with Crippen LogP contribution in [-0.2, 0) is 0 Å². The second kappa shape index (κ2) is 1.09. The van der Waals surface area contributed by atoms with Crippen LogP contribution in [0, 0.1) is 0 Å². The molecule has 0 spiro atoms. The molecule has 0 unspecified atom stereocenters. The monoisotopic (exact) mass is 109 g/mol. The number of nitrogens with zero attached hydrogens (tertiary/aromatic N) is 2. The Morgan fingerprint density at radius 1 is 1.62 bits per heavy atom. The molecule has 0 aliphatic carbocycles. The number of H-pyrrole nitrogens is 1. The van der Waals surface area contributed by atoms with E-state index in [4.69, 9.17) is 0 Å². The molecular weight excluding hydrogens is 106 g/mol. The molecule has 2 heterocycles. The number of aromatic amines is 1. The smallest absolute Gasteiger partial charge is 0.221 e. The van der Waals surface area contributed by atoms with Crippen LogP contribution in [0.25, 0.3) is 11.5 Å². The predicted octanol–water partition coefficient (Wildman–Crippen LogP) is 0.502. The zero-order valence-electron chi connectivity index (χ0n) is 3.96. The van der Waals surface area contributed by atoms with Crippen molar-refractivity contribution in [1.82, 2.24) is 15.3 Å². The highest BCUT2D eigenvalue weighted by atomic mass is 16.6. The SMILES string of the molecule is c1cc2[nH]onc-2n1. The lowest BCUT2D eigenvalue weighted by Gasteiger charge is -1.69. The van der Waals surface area contributed by atoms with Gasteiger partial charge < -0.3 is 0 Å². The van der Waals surface area contributed by atoms with Gasteiger partial charge in [0, 0.05) is 6.20 Å². The number of hydrogen-bond acceptors (Lipinski definition) is 3. The summed E-state index contributed by atoms with van der Waals surface area (Å²) in [4.78, 5) is 3.84. The molecule has 0 amide bonds. The van der Waals surface area contributed by atoms with Crippen molar-refractivity contribution in [3.05, 3.63) is 12.3 Å². The standard InChI is InChI=1S/C4H3N3O/c1-2-5-4-3(1)6-8-7-4/h1-2,6H. The predicted molar refractivity (Wildman–Crippen MR) is 25.3 cm³/mol. The Bertz CT molecular complexity index is 203. The van der Waals surface area contributed by atoms with Gasteiger partial charge in [-0.05, 0) is 11.2 Å². The highest BCUT2D eigenvalue weighted by Gasteiger charge is 2.05. The molecule has 0 atom stereocenters. The molecule has 0 saturated heterocycles. The van der Waals surface area contributed by atoms with Gasteiger partial charge >= 0.3 is 0 Å².